The predicted molar refractivity (Wildman–Crippen MR) is 93.5 cm³/mol. The van der Waals surface area contributed by atoms with Crippen molar-refractivity contribution in [3.63, 3.8) is 0 Å². The average Bonchev–Trinajstić information content (AvgIpc) is 3.08. The van der Waals surface area contributed by atoms with Gasteiger partial charge in [-0.1, -0.05) is 13.3 Å². The Kier molecular flexibility index (Phi) is 5.47. The van der Waals surface area contributed by atoms with Crippen LogP contribution in [0.2, 0.25) is 0 Å². The van der Waals surface area contributed by atoms with E-state index in [1.165, 1.54) is 32.4 Å². The molecular formula is C18H34N4O. The highest BCUT2D eigenvalue weighted by Crippen LogP contribution is 2.40. The topological polar surface area (TPSA) is 38.8 Å². The molecule has 132 valence electrons. The van der Waals surface area contributed by atoms with E-state index in [9.17, 15) is 4.79 Å². The summed E-state index contributed by atoms with van der Waals surface area (Å²) in [5, 5.41) is 3.14. The van der Waals surface area contributed by atoms with Crippen molar-refractivity contribution >= 4 is 6.03 Å². The summed E-state index contributed by atoms with van der Waals surface area (Å²) in [5.74, 6) is 1.44. The molecule has 0 radical (unpaired) electrons. The number of fused-ring (bicyclic) bond motifs is 3. The van der Waals surface area contributed by atoms with Crippen LogP contribution in [0.25, 0.3) is 0 Å². The molecule has 3 rings (SSSR count). The second-order valence-corrected chi connectivity index (χ2v) is 7.84. The molecule has 5 heteroatoms. The normalized spacial score (nSPS) is 30.8. The summed E-state index contributed by atoms with van der Waals surface area (Å²) in [5.41, 5.74) is 0. The molecule has 0 aromatic rings. The van der Waals surface area contributed by atoms with Crippen molar-refractivity contribution in [3.05, 3.63) is 0 Å². The van der Waals surface area contributed by atoms with Crippen LogP contribution in [0.4, 0.5) is 4.79 Å². The summed E-state index contributed by atoms with van der Waals surface area (Å²) in [4.78, 5) is 19.6. The molecule has 3 heterocycles. The third-order valence-electron chi connectivity index (χ3n) is 6.22. The quantitative estimate of drug-likeness (QED) is 0.839. The first-order chi connectivity index (χ1) is 11.1. The summed E-state index contributed by atoms with van der Waals surface area (Å²) < 4.78 is 0. The van der Waals surface area contributed by atoms with E-state index < -0.39 is 0 Å². The molecule has 3 aliphatic heterocycles. The first-order valence-electron chi connectivity index (χ1n) is 9.61. The molecule has 5 nitrogen and oxygen atoms in total. The summed E-state index contributed by atoms with van der Waals surface area (Å²) in [6.07, 6.45) is 4.08. The van der Waals surface area contributed by atoms with E-state index in [0.717, 1.165) is 44.7 Å². The lowest BCUT2D eigenvalue weighted by atomic mass is 9.90. The fraction of sp³-hybridized carbons (Fsp3) is 0.944. The Morgan fingerprint density at radius 1 is 1.26 bits per heavy atom. The highest BCUT2D eigenvalue weighted by Gasteiger charge is 2.48. The minimum Gasteiger partial charge on any atom is -0.337 e. The molecular weight excluding hydrogens is 288 g/mol. The number of carbonyl (C=O) groups is 1. The fourth-order valence-corrected chi connectivity index (χ4v) is 4.92. The second-order valence-electron chi connectivity index (χ2n) is 7.84. The third-order valence-corrected chi connectivity index (χ3v) is 6.22. The molecule has 0 spiro atoms. The molecule has 0 bridgehead atoms. The molecule has 3 aliphatic rings. The number of hydrogen-bond donors (Lipinski definition) is 1. The fourth-order valence-electron chi connectivity index (χ4n) is 4.92. The van der Waals surface area contributed by atoms with E-state index in [4.69, 9.17) is 0 Å². The van der Waals surface area contributed by atoms with Gasteiger partial charge in [-0.25, -0.2) is 4.79 Å². The van der Waals surface area contributed by atoms with Crippen LogP contribution in [-0.4, -0.2) is 78.6 Å². The molecule has 1 N–H and O–H groups in total. The maximum Gasteiger partial charge on any atom is 0.317 e. The van der Waals surface area contributed by atoms with Gasteiger partial charge in [-0.05, 0) is 51.6 Å². The van der Waals surface area contributed by atoms with Gasteiger partial charge in [-0.3, -0.25) is 9.80 Å². The van der Waals surface area contributed by atoms with Crippen LogP contribution in [0.15, 0.2) is 0 Å². The van der Waals surface area contributed by atoms with E-state index in [1.54, 1.807) is 0 Å². The molecule has 23 heavy (non-hydrogen) atoms. The van der Waals surface area contributed by atoms with Crippen molar-refractivity contribution in [2.24, 2.45) is 11.8 Å². The van der Waals surface area contributed by atoms with Crippen LogP contribution in [-0.2, 0) is 0 Å². The van der Waals surface area contributed by atoms with Gasteiger partial charge in [0.1, 0.15) is 0 Å². The molecule has 0 aromatic carbocycles. The third kappa shape index (κ3) is 3.66. The van der Waals surface area contributed by atoms with E-state index >= 15 is 0 Å². The standard InChI is InChI=1S/C18H34N4O/c1-4-20(14(2)3)10-8-19-18(23)22-12-15-11-21-9-6-5-7-17(21)16(15)13-22/h14-17H,4-13H2,1-3H3,(H,19,23)/t15-,16-,17-/m0/s1. The van der Waals surface area contributed by atoms with E-state index in [0.29, 0.717) is 12.0 Å². The zero-order chi connectivity index (χ0) is 16.4. The highest BCUT2D eigenvalue weighted by atomic mass is 16.2. The van der Waals surface area contributed by atoms with Crippen molar-refractivity contribution < 1.29 is 4.79 Å². The first kappa shape index (κ1) is 17.0. The number of likely N-dealkylation sites (N-methyl/N-ethyl adjacent to an activating group) is 1. The minimum absolute atomic E-state index is 0.154. The van der Waals surface area contributed by atoms with Crippen LogP contribution in [0, 0.1) is 11.8 Å². The number of nitrogens with one attached hydrogen (secondary N) is 1. The van der Waals surface area contributed by atoms with Crippen LogP contribution in [0.1, 0.15) is 40.0 Å². The van der Waals surface area contributed by atoms with Crippen LogP contribution in [0.3, 0.4) is 0 Å². The molecule has 0 aliphatic carbocycles. The number of urea groups is 1. The molecule has 3 fully saturated rings. The first-order valence-corrected chi connectivity index (χ1v) is 9.61. The van der Waals surface area contributed by atoms with Crippen molar-refractivity contribution in [2.75, 3.05) is 45.8 Å². The molecule has 2 amide bonds. The second kappa shape index (κ2) is 7.39. The zero-order valence-electron chi connectivity index (χ0n) is 15.1. The Bertz CT molecular complexity index is 414. The van der Waals surface area contributed by atoms with Crippen molar-refractivity contribution in [2.45, 2.75) is 52.1 Å². The smallest absolute Gasteiger partial charge is 0.317 e. The zero-order valence-corrected chi connectivity index (χ0v) is 15.1. The van der Waals surface area contributed by atoms with Gasteiger partial charge >= 0.3 is 6.03 Å². The van der Waals surface area contributed by atoms with Gasteiger partial charge in [-0.2, -0.15) is 0 Å². The number of rotatable bonds is 5. The molecule has 0 saturated carbocycles. The van der Waals surface area contributed by atoms with Gasteiger partial charge in [0.25, 0.3) is 0 Å². The Labute approximate surface area is 141 Å². The Morgan fingerprint density at radius 2 is 2.09 bits per heavy atom. The predicted octanol–water partition coefficient (Wildman–Crippen LogP) is 1.84. The maximum atomic E-state index is 12.5. The minimum atomic E-state index is 0.154. The highest BCUT2D eigenvalue weighted by molar-refractivity contribution is 5.74. The molecule has 3 saturated heterocycles. The lowest BCUT2D eigenvalue weighted by molar-refractivity contribution is 0.153. The largest absolute Gasteiger partial charge is 0.337 e. The van der Waals surface area contributed by atoms with Crippen LogP contribution >= 0.6 is 0 Å². The van der Waals surface area contributed by atoms with E-state index in [1.807, 2.05) is 0 Å². The molecule has 3 atom stereocenters. The molecule has 0 unspecified atom stereocenters. The average molecular weight is 322 g/mol. The Morgan fingerprint density at radius 3 is 2.83 bits per heavy atom. The van der Waals surface area contributed by atoms with Gasteiger partial charge in [0, 0.05) is 44.8 Å². The molecule has 0 aromatic heterocycles. The lowest BCUT2D eigenvalue weighted by Crippen LogP contribution is -2.45. The van der Waals surface area contributed by atoms with Gasteiger partial charge in [0.2, 0.25) is 0 Å². The van der Waals surface area contributed by atoms with Gasteiger partial charge in [-0.15, -0.1) is 0 Å². The summed E-state index contributed by atoms with van der Waals surface area (Å²) in [6.45, 7) is 13.8. The number of hydrogen-bond acceptors (Lipinski definition) is 3. The van der Waals surface area contributed by atoms with Gasteiger partial charge < -0.3 is 10.2 Å². The van der Waals surface area contributed by atoms with Crippen LogP contribution < -0.4 is 5.32 Å². The number of piperidine rings is 1. The number of amides is 2. The van der Waals surface area contributed by atoms with Crippen molar-refractivity contribution in [1.29, 1.82) is 0 Å². The van der Waals surface area contributed by atoms with E-state index in [-0.39, 0.29) is 6.03 Å². The van der Waals surface area contributed by atoms with Gasteiger partial charge in [0.05, 0.1) is 0 Å². The Balaban J connectivity index is 1.44. The number of likely N-dealkylation sites (tertiary alicyclic amines) is 1. The number of carbonyl (C=O) groups excluding carboxylic acids is 1. The van der Waals surface area contributed by atoms with Crippen LogP contribution in [0.5, 0.6) is 0 Å². The van der Waals surface area contributed by atoms with Crippen molar-refractivity contribution in [1.82, 2.24) is 20.0 Å². The summed E-state index contributed by atoms with van der Waals surface area (Å²) >= 11 is 0. The van der Waals surface area contributed by atoms with Crippen molar-refractivity contribution in [3.8, 4) is 0 Å². The Hall–Kier alpha value is -0.810. The maximum absolute atomic E-state index is 12.5. The monoisotopic (exact) mass is 322 g/mol. The SMILES string of the molecule is CCN(CCNC(=O)N1C[C@@H]2CN3CCCC[C@H]3[C@H]2C1)C(C)C. The van der Waals surface area contributed by atoms with E-state index in [2.05, 4.69) is 40.8 Å². The lowest BCUT2D eigenvalue weighted by Gasteiger charge is -2.33. The summed E-state index contributed by atoms with van der Waals surface area (Å²) in [6, 6.07) is 1.45. The van der Waals surface area contributed by atoms with Gasteiger partial charge in [0.15, 0.2) is 0 Å². The number of nitrogens with zero attached hydrogens (tertiary/aromatic N) is 3. The summed E-state index contributed by atoms with van der Waals surface area (Å²) in [7, 11) is 0.